The molecule has 0 spiro atoms. The van der Waals surface area contributed by atoms with Gasteiger partial charge in [0.15, 0.2) is 0 Å². The molecule has 5 heteroatoms. The van der Waals surface area contributed by atoms with Crippen molar-refractivity contribution in [3.63, 3.8) is 0 Å². The lowest BCUT2D eigenvalue weighted by Crippen LogP contribution is -2.46. The van der Waals surface area contributed by atoms with Crippen molar-refractivity contribution >= 4 is 11.8 Å². The zero-order chi connectivity index (χ0) is 12.4. The van der Waals surface area contributed by atoms with Crippen molar-refractivity contribution in [3.05, 3.63) is 0 Å². The molecular weight excluding hydrogens is 228 g/mol. The highest BCUT2D eigenvalue weighted by Gasteiger charge is 2.36. The second kappa shape index (κ2) is 9.24. The van der Waals surface area contributed by atoms with Crippen LogP contribution in [0, 0.1) is 0 Å². The number of aliphatic hydroxyl groups is 3. The van der Waals surface area contributed by atoms with Gasteiger partial charge in [-0.2, -0.15) is 11.8 Å². The van der Waals surface area contributed by atoms with Gasteiger partial charge in [-0.1, -0.05) is 13.3 Å². The van der Waals surface area contributed by atoms with E-state index >= 15 is 0 Å². The molecule has 2 atom stereocenters. The van der Waals surface area contributed by atoms with Crippen LogP contribution in [0.15, 0.2) is 0 Å². The van der Waals surface area contributed by atoms with Crippen molar-refractivity contribution < 1.29 is 20.1 Å². The highest BCUT2D eigenvalue weighted by Crippen LogP contribution is 2.30. The number of hydrogen-bond donors (Lipinski definition) is 3. The van der Waals surface area contributed by atoms with E-state index in [-0.39, 0.29) is 19.8 Å². The van der Waals surface area contributed by atoms with E-state index in [1.54, 1.807) is 0 Å². The molecule has 0 rings (SSSR count). The van der Waals surface area contributed by atoms with Gasteiger partial charge in [-0.3, -0.25) is 0 Å². The molecular formula is C11H24O4S. The maximum absolute atomic E-state index is 9.97. The molecule has 0 bridgehead atoms. The predicted octanol–water partition coefficient (Wildman–Crippen LogP) is 0.641. The van der Waals surface area contributed by atoms with E-state index in [1.165, 1.54) is 11.8 Å². The third-order valence-electron chi connectivity index (χ3n) is 2.73. The van der Waals surface area contributed by atoms with Gasteiger partial charge in [0.2, 0.25) is 0 Å². The SMILES string of the molecule is CCCCOC[C@H](O)[C@@](CO)(CCO)SC. The number of ether oxygens (including phenoxy) is 1. The molecule has 0 radical (unpaired) electrons. The molecule has 0 amide bonds. The van der Waals surface area contributed by atoms with Gasteiger partial charge in [-0.25, -0.2) is 0 Å². The van der Waals surface area contributed by atoms with Crippen LogP contribution in [0.2, 0.25) is 0 Å². The van der Waals surface area contributed by atoms with Gasteiger partial charge in [-0.05, 0) is 19.1 Å². The third kappa shape index (κ3) is 5.01. The lowest BCUT2D eigenvalue weighted by Gasteiger charge is -2.34. The standard InChI is InChI=1S/C11H24O4S/c1-3-4-7-15-8-10(14)11(9-13,16-2)5-6-12/h10,12-14H,3-9H2,1-2H3/t10-,11-/m0/s1. The van der Waals surface area contributed by atoms with E-state index in [2.05, 4.69) is 6.92 Å². The summed E-state index contributed by atoms with van der Waals surface area (Å²) in [6.45, 7) is 2.70. The largest absolute Gasteiger partial charge is 0.396 e. The molecule has 0 saturated heterocycles. The normalized spacial score (nSPS) is 17.1. The Morgan fingerprint density at radius 2 is 2.06 bits per heavy atom. The number of aliphatic hydroxyl groups excluding tert-OH is 3. The van der Waals surface area contributed by atoms with Crippen LogP contribution in [0.4, 0.5) is 0 Å². The molecule has 0 saturated carbocycles. The summed E-state index contributed by atoms with van der Waals surface area (Å²) >= 11 is 1.37. The van der Waals surface area contributed by atoms with Crippen LogP contribution in [0.5, 0.6) is 0 Å². The topological polar surface area (TPSA) is 69.9 Å². The van der Waals surface area contributed by atoms with E-state index in [1.807, 2.05) is 6.26 Å². The molecule has 0 aliphatic heterocycles. The highest BCUT2D eigenvalue weighted by atomic mass is 32.2. The minimum atomic E-state index is -0.753. The Morgan fingerprint density at radius 1 is 1.38 bits per heavy atom. The second-order valence-corrected chi connectivity index (χ2v) is 5.07. The fraction of sp³-hybridized carbons (Fsp3) is 1.00. The number of unbranched alkanes of at least 4 members (excludes halogenated alkanes) is 1. The van der Waals surface area contributed by atoms with Crippen LogP contribution in [-0.2, 0) is 4.74 Å². The Balaban J connectivity index is 4.10. The van der Waals surface area contributed by atoms with E-state index < -0.39 is 10.9 Å². The quantitative estimate of drug-likeness (QED) is 0.498. The summed E-state index contributed by atoms with van der Waals surface area (Å²) in [5.74, 6) is 0. The van der Waals surface area contributed by atoms with Gasteiger partial charge >= 0.3 is 0 Å². The fourth-order valence-corrected chi connectivity index (χ4v) is 2.20. The summed E-state index contributed by atoms with van der Waals surface area (Å²) in [5.41, 5.74) is 0. The molecule has 0 heterocycles. The zero-order valence-electron chi connectivity index (χ0n) is 10.2. The molecule has 4 nitrogen and oxygen atoms in total. The van der Waals surface area contributed by atoms with Crippen molar-refractivity contribution in [2.24, 2.45) is 0 Å². The third-order valence-corrected chi connectivity index (χ3v) is 4.15. The molecule has 0 aromatic rings. The first-order chi connectivity index (χ1) is 7.66. The number of rotatable bonds is 10. The molecule has 3 N–H and O–H groups in total. The van der Waals surface area contributed by atoms with E-state index in [0.717, 1.165) is 12.8 Å². The van der Waals surface area contributed by atoms with E-state index in [0.29, 0.717) is 13.0 Å². The van der Waals surface area contributed by atoms with Crippen LogP contribution in [0.3, 0.4) is 0 Å². The average Bonchev–Trinajstić information content (AvgIpc) is 2.31. The van der Waals surface area contributed by atoms with Crippen molar-refractivity contribution in [3.8, 4) is 0 Å². The van der Waals surface area contributed by atoms with Crippen molar-refractivity contribution in [2.75, 3.05) is 32.7 Å². The minimum Gasteiger partial charge on any atom is -0.396 e. The zero-order valence-corrected chi connectivity index (χ0v) is 11.0. The first-order valence-corrected chi connectivity index (χ1v) is 6.92. The Bertz CT molecular complexity index is 162. The number of thioether (sulfide) groups is 1. The Morgan fingerprint density at radius 3 is 2.50 bits per heavy atom. The van der Waals surface area contributed by atoms with Crippen LogP contribution in [0.1, 0.15) is 26.2 Å². The molecule has 0 aromatic carbocycles. The second-order valence-electron chi connectivity index (χ2n) is 3.84. The smallest absolute Gasteiger partial charge is 0.0942 e. The molecule has 16 heavy (non-hydrogen) atoms. The van der Waals surface area contributed by atoms with Crippen LogP contribution in [0.25, 0.3) is 0 Å². The van der Waals surface area contributed by atoms with Gasteiger partial charge in [0.05, 0.1) is 24.1 Å². The minimum absolute atomic E-state index is 0.0482. The van der Waals surface area contributed by atoms with E-state index in [4.69, 9.17) is 9.84 Å². The monoisotopic (exact) mass is 252 g/mol. The molecule has 0 aromatic heterocycles. The lowest BCUT2D eigenvalue weighted by molar-refractivity contribution is -0.00395. The van der Waals surface area contributed by atoms with Crippen LogP contribution >= 0.6 is 11.8 Å². The first-order valence-electron chi connectivity index (χ1n) is 5.69. The molecule has 0 aliphatic carbocycles. The van der Waals surface area contributed by atoms with Gasteiger partial charge in [0.25, 0.3) is 0 Å². The highest BCUT2D eigenvalue weighted by molar-refractivity contribution is 8.00. The van der Waals surface area contributed by atoms with Crippen LogP contribution in [-0.4, -0.2) is 58.9 Å². The van der Waals surface area contributed by atoms with Gasteiger partial charge in [0.1, 0.15) is 0 Å². The van der Waals surface area contributed by atoms with Gasteiger partial charge in [-0.15, -0.1) is 0 Å². The van der Waals surface area contributed by atoms with Crippen LogP contribution < -0.4 is 0 Å². The van der Waals surface area contributed by atoms with E-state index in [9.17, 15) is 10.2 Å². The summed E-state index contributed by atoms with van der Waals surface area (Å²) in [4.78, 5) is 0. The Kier molecular flexibility index (Phi) is 9.35. The summed E-state index contributed by atoms with van der Waals surface area (Å²) in [5, 5.41) is 28.3. The lowest BCUT2D eigenvalue weighted by atomic mass is 9.99. The Hall–Kier alpha value is 0.190. The van der Waals surface area contributed by atoms with Gasteiger partial charge < -0.3 is 20.1 Å². The van der Waals surface area contributed by atoms with Crippen molar-refractivity contribution in [1.29, 1.82) is 0 Å². The van der Waals surface area contributed by atoms with Crippen molar-refractivity contribution in [1.82, 2.24) is 0 Å². The summed E-state index contributed by atoms with van der Waals surface area (Å²) in [7, 11) is 0. The maximum Gasteiger partial charge on any atom is 0.0942 e. The summed E-state index contributed by atoms with van der Waals surface area (Å²) < 4.78 is 4.63. The number of hydrogen-bond acceptors (Lipinski definition) is 5. The summed E-state index contributed by atoms with van der Waals surface area (Å²) in [6, 6.07) is 0. The Labute approximate surface area is 102 Å². The fourth-order valence-electron chi connectivity index (χ4n) is 1.44. The van der Waals surface area contributed by atoms with Crippen molar-refractivity contribution in [2.45, 2.75) is 37.0 Å². The average molecular weight is 252 g/mol. The van der Waals surface area contributed by atoms with Gasteiger partial charge in [0, 0.05) is 13.2 Å². The molecule has 0 aliphatic rings. The maximum atomic E-state index is 9.97. The molecule has 0 unspecified atom stereocenters. The summed E-state index contributed by atoms with van der Waals surface area (Å²) in [6.07, 6.45) is 3.46. The first kappa shape index (κ1) is 16.2. The predicted molar refractivity (Wildman–Crippen MR) is 66.8 cm³/mol. The molecule has 98 valence electrons. The molecule has 0 fully saturated rings.